The average Bonchev–Trinajstić information content (AvgIpc) is 3.48. The van der Waals surface area contributed by atoms with Gasteiger partial charge in [0, 0.05) is 30.8 Å². The number of hydrogen-bond acceptors (Lipinski definition) is 5. The molecule has 2 aromatic rings. The Kier molecular flexibility index (Phi) is 5.90. The molecule has 8 nitrogen and oxygen atoms in total. The number of carbonyl (C=O) groups excluding carboxylic acids is 3. The maximum atomic E-state index is 13.0. The molecule has 1 saturated carbocycles. The Morgan fingerprint density at radius 2 is 1.73 bits per heavy atom. The Hall–Kier alpha value is -3.55. The first-order valence-electron chi connectivity index (χ1n) is 11.5. The van der Waals surface area contributed by atoms with Crippen molar-refractivity contribution in [1.82, 2.24) is 5.32 Å². The first-order chi connectivity index (χ1) is 16.1. The van der Waals surface area contributed by atoms with E-state index in [1.807, 2.05) is 0 Å². The van der Waals surface area contributed by atoms with Gasteiger partial charge in [-0.2, -0.15) is 0 Å². The molecule has 2 fully saturated rings. The molecule has 0 unspecified atom stereocenters. The molecule has 1 aliphatic carbocycles. The van der Waals surface area contributed by atoms with Gasteiger partial charge >= 0.3 is 0 Å². The predicted molar refractivity (Wildman–Crippen MR) is 123 cm³/mol. The lowest BCUT2D eigenvalue weighted by Crippen LogP contribution is -2.34. The molecule has 8 heteroatoms. The molecular weight excluding hydrogens is 422 g/mol. The Morgan fingerprint density at radius 1 is 0.970 bits per heavy atom. The molecule has 3 aliphatic rings. The number of hydrogen-bond donors (Lipinski definition) is 2. The standard InChI is InChI=1S/C25H27N3O5/c29-23-13-16(15-28(23)18-9-10-21-22(14-18)33-12-11-32-21)24(30)27-20-8-4-3-7-19(20)25(31)26-17-5-1-2-6-17/h3-4,7-10,14,16-17H,1-2,5-6,11-13,15H2,(H,26,31)(H,27,30)/t16-/m1/s1. The first-order valence-corrected chi connectivity index (χ1v) is 11.5. The molecule has 172 valence electrons. The summed E-state index contributed by atoms with van der Waals surface area (Å²) >= 11 is 0. The quantitative estimate of drug-likeness (QED) is 0.731. The second-order valence-corrected chi connectivity index (χ2v) is 8.72. The third-order valence-corrected chi connectivity index (χ3v) is 6.45. The summed E-state index contributed by atoms with van der Waals surface area (Å²) in [5, 5.41) is 5.94. The first kappa shape index (κ1) is 21.3. The molecule has 2 aromatic carbocycles. The second kappa shape index (κ2) is 9.13. The fourth-order valence-corrected chi connectivity index (χ4v) is 4.69. The summed E-state index contributed by atoms with van der Waals surface area (Å²) in [6, 6.07) is 12.5. The third-order valence-electron chi connectivity index (χ3n) is 6.45. The number of benzene rings is 2. The molecule has 2 aliphatic heterocycles. The van der Waals surface area contributed by atoms with E-state index in [1.54, 1.807) is 47.4 Å². The molecule has 3 amide bonds. The van der Waals surface area contributed by atoms with Crippen molar-refractivity contribution in [3.63, 3.8) is 0 Å². The topological polar surface area (TPSA) is 97.0 Å². The number of para-hydroxylation sites is 1. The van der Waals surface area contributed by atoms with E-state index in [0.29, 0.717) is 41.7 Å². The van der Waals surface area contributed by atoms with Crippen molar-refractivity contribution in [3.05, 3.63) is 48.0 Å². The van der Waals surface area contributed by atoms with Gasteiger partial charge in [0.1, 0.15) is 13.2 Å². The van der Waals surface area contributed by atoms with Crippen LogP contribution in [0.2, 0.25) is 0 Å². The van der Waals surface area contributed by atoms with Gasteiger partial charge in [0.05, 0.1) is 17.2 Å². The number of amides is 3. The van der Waals surface area contributed by atoms with E-state index in [0.717, 1.165) is 25.7 Å². The summed E-state index contributed by atoms with van der Waals surface area (Å²) in [6.45, 7) is 1.22. The number of nitrogens with one attached hydrogen (secondary N) is 2. The van der Waals surface area contributed by atoms with Crippen molar-refractivity contribution in [2.45, 2.75) is 38.1 Å². The van der Waals surface area contributed by atoms with Gasteiger partial charge in [-0.05, 0) is 37.1 Å². The van der Waals surface area contributed by atoms with Crippen LogP contribution in [0, 0.1) is 5.92 Å². The summed E-state index contributed by atoms with van der Waals surface area (Å²) in [4.78, 5) is 40.1. The molecule has 33 heavy (non-hydrogen) atoms. The smallest absolute Gasteiger partial charge is 0.253 e. The molecular formula is C25H27N3O5. The van der Waals surface area contributed by atoms with Crippen LogP contribution in [0.5, 0.6) is 11.5 Å². The minimum absolute atomic E-state index is 0.108. The molecule has 0 radical (unpaired) electrons. The van der Waals surface area contributed by atoms with Gasteiger partial charge in [-0.3, -0.25) is 14.4 Å². The summed E-state index contributed by atoms with van der Waals surface area (Å²) < 4.78 is 11.2. The van der Waals surface area contributed by atoms with Crippen LogP contribution < -0.4 is 25.0 Å². The lowest BCUT2D eigenvalue weighted by Gasteiger charge is -2.22. The monoisotopic (exact) mass is 449 g/mol. The molecule has 0 aromatic heterocycles. The Bertz CT molecular complexity index is 1080. The zero-order chi connectivity index (χ0) is 22.8. The fraction of sp³-hybridized carbons (Fsp3) is 0.400. The van der Waals surface area contributed by atoms with Gasteiger partial charge in [-0.1, -0.05) is 25.0 Å². The number of carbonyl (C=O) groups is 3. The zero-order valence-electron chi connectivity index (χ0n) is 18.3. The van der Waals surface area contributed by atoms with Gasteiger partial charge in [-0.15, -0.1) is 0 Å². The highest BCUT2D eigenvalue weighted by atomic mass is 16.6. The van der Waals surface area contributed by atoms with E-state index < -0.39 is 5.92 Å². The van der Waals surface area contributed by atoms with E-state index in [9.17, 15) is 14.4 Å². The molecule has 5 rings (SSSR count). The molecule has 0 bridgehead atoms. The largest absolute Gasteiger partial charge is 0.486 e. The van der Waals surface area contributed by atoms with Crippen LogP contribution in [0.15, 0.2) is 42.5 Å². The highest BCUT2D eigenvalue weighted by Gasteiger charge is 2.36. The number of anilines is 2. The number of ether oxygens (including phenoxy) is 2. The normalized spacial score (nSPS) is 20.1. The van der Waals surface area contributed by atoms with E-state index >= 15 is 0 Å². The highest BCUT2D eigenvalue weighted by molar-refractivity contribution is 6.07. The van der Waals surface area contributed by atoms with Crippen molar-refractivity contribution >= 4 is 29.1 Å². The average molecular weight is 450 g/mol. The predicted octanol–water partition coefficient (Wildman–Crippen LogP) is 3.12. The minimum atomic E-state index is -0.517. The van der Waals surface area contributed by atoms with Gasteiger partial charge in [0.2, 0.25) is 11.8 Å². The number of nitrogens with zero attached hydrogens (tertiary/aromatic N) is 1. The lowest BCUT2D eigenvalue weighted by molar-refractivity contribution is -0.122. The highest BCUT2D eigenvalue weighted by Crippen LogP contribution is 2.36. The van der Waals surface area contributed by atoms with Crippen LogP contribution in [0.1, 0.15) is 42.5 Å². The van der Waals surface area contributed by atoms with E-state index in [4.69, 9.17) is 9.47 Å². The van der Waals surface area contributed by atoms with Crippen LogP contribution in [-0.2, 0) is 9.59 Å². The molecule has 2 N–H and O–H groups in total. The van der Waals surface area contributed by atoms with Crippen LogP contribution in [0.3, 0.4) is 0 Å². The maximum absolute atomic E-state index is 13.0. The molecule has 1 atom stereocenters. The van der Waals surface area contributed by atoms with Crippen molar-refractivity contribution in [3.8, 4) is 11.5 Å². The van der Waals surface area contributed by atoms with Crippen LogP contribution in [-0.4, -0.2) is 43.5 Å². The number of fused-ring (bicyclic) bond motifs is 1. The minimum Gasteiger partial charge on any atom is -0.486 e. The van der Waals surface area contributed by atoms with Gasteiger partial charge in [0.15, 0.2) is 11.5 Å². The van der Waals surface area contributed by atoms with Crippen LogP contribution in [0.4, 0.5) is 11.4 Å². The summed E-state index contributed by atoms with van der Waals surface area (Å²) in [6.07, 6.45) is 4.33. The Balaban J connectivity index is 1.26. The van der Waals surface area contributed by atoms with E-state index in [1.165, 1.54) is 0 Å². The maximum Gasteiger partial charge on any atom is 0.253 e. The zero-order valence-corrected chi connectivity index (χ0v) is 18.3. The Morgan fingerprint density at radius 3 is 2.55 bits per heavy atom. The summed E-state index contributed by atoms with van der Waals surface area (Å²) in [5.41, 5.74) is 1.57. The second-order valence-electron chi connectivity index (χ2n) is 8.72. The van der Waals surface area contributed by atoms with Crippen LogP contribution in [0.25, 0.3) is 0 Å². The fourth-order valence-electron chi connectivity index (χ4n) is 4.69. The van der Waals surface area contributed by atoms with Crippen molar-refractivity contribution in [2.75, 3.05) is 30.0 Å². The van der Waals surface area contributed by atoms with Gasteiger partial charge in [0.25, 0.3) is 5.91 Å². The summed E-state index contributed by atoms with van der Waals surface area (Å²) in [5.74, 6) is 0.151. The van der Waals surface area contributed by atoms with Crippen LogP contribution >= 0.6 is 0 Å². The lowest BCUT2D eigenvalue weighted by atomic mass is 10.1. The molecule has 1 saturated heterocycles. The molecule has 0 spiro atoms. The van der Waals surface area contributed by atoms with Crippen molar-refractivity contribution < 1.29 is 23.9 Å². The van der Waals surface area contributed by atoms with Crippen molar-refractivity contribution in [1.29, 1.82) is 0 Å². The van der Waals surface area contributed by atoms with E-state index in [-0.39, 0.29) is 36.7 Å². The Labute approximate surface area is 192 Å². The summed E-state index contributed by atoms with van der Waals surface area (Å²) in [7, 11) is 0. The van der Waals surface area contributed by atoms with Crippen molar-refractivity contribution in [2.24, 2.45) is 5.92 Å². The number of rotatable bonds is 5. The SMILES string of the molecule is O=C(NC1CCCC1)c1ccccc1NC(=O)[C@@H]1CC(=O)N(c2ccc3c(c2)OCCO3)C1. The van der Waals surface area contributed by atoms with Gasteiger partial charge in [-0.25, -0.2) is 0 Å². The third kappa shape index (κ3) is 4.51. The van der Waals surface area contributed by atoms with Gasteiger partial charge < -0.3 is 25.0 Å². The molecule has 2 heterocycles. The van der Waals surface area contributed by atoms with E-state index in [2.05, 4.69) is 10.6 Å².